The van der Waals surface area contributed by atoms with Crippen LogP contribution in [0.1, 0.15) is 70.3 Å². The van der Waals surface area contributed by atoms with Crippen LogP contribution >= 0.6 is 11.3 Å². The van der Waals surface area contributed by atoms with Gasteiger partial charge in [0.15, 0.2) is 0 Å². The van der Waals surface area contributed by atoms with Crippen molar-refractivity contribution in [3.05, 3.63) is 35.2 Å². The van der Waals surface area contributed by atoms with Crippen LogP contribution in [-0.4, -0.2) is 45.3 Å². The summed E-state index contributed by atoms with van der Waals surface area (Å²) in [5, 5.41) is 1.48. The number of hydrogen-bond acceptors (Lipinski definition) is 4. The molecule has 0 aromatic heterocycles. The summed E-state index contributed by atoms with van der Waals surface area (Å²) in [7, 11) is 4.44. The van der Waals surface area contributed by atoms with E-state index in [2.05, 4.69) is 59.7 Å². The van der Waals surface area contributed by atoms with Crippen LogP contribution in [0.2, 0.25) is 0 Å². The van der Waals surface area contributed by atoms with E-state index in [4.69, 9.17) is 4.98 Å². The van der Waals surface area contributed by atoms with Crippen LogP contribution in [0.15, 0.2) is 24.3 Å². The Morgan fingerprint density at radius 2 is 1.74 bits per heavy atom. The minimum absolute atomic E-state index is 1.13. The zero-order valence-corrected chi connectivity index (χ0v) is 22.2. The summed E-state index contributed by atoms with van der Waals surface area (Å²) in [5.74, 6) is 0. The van der Waals surface area contributed by atoms with E-state index in [0.29, 0.717) is 0 Å². The fourth-order valence-electron chi connectivity index (χ4n) is 5.77. The van der Waals surface area contributed by atoms with Crippen molar-refractivity contribution in [2.45, 2.75) is 71.1 Å². The van der Waals surface area contributed by atoms with Crippen molar-refractivity contribution < 1.29 is 0 Å². The number of benzene rings is 2. The lowest BCUT2D eigenvalue weighted by Gasteiger charge is -2.29. The van der Waals surface area contributed by atoms with Crippen molar-refractivity contribution in [1.29, 1.82) is 0 Å². The van der Waals surface area contributed by atoms with Crippen LogP contribution < -0.4 is 19.7 Å². The average Bonchev–Trinajstić information content (AvgIpc) is 2.87. The second-order valence-corrected chi connectivity index (χ2v) is 11.4. The molecule has 2 fully saturated rings. The molecule has 0 atom stereocenters. The normalized spacial score (nSPS) is 17.0. The number of hydrogen-bond donors (Lipinski definition) is 0. The van der Waals surface area contributed by atoms with E-state index >= 15 is 0 Å². The van der Waals surface area contributed by atoms with E-state index in [9.17, 15) is 0 Å². The topological polar surface area (TPSA) is 22.4 Å². The predicted octanol–water partition coefficient (Wildman–Crippen LogP) is 6.15. The number of piperidine rings is 2. The molecular formula is C29H41N4S+. The zero-order chi connectivity index (χ0) is 23.5. The van der Waals surface area contributed by atoms with Crippen molar-refractivity contribution in [3.8, 4) is 10.6 Å². The Kier molecular flexibility index (Phi) is 7.38. The molecule has 2 saturated heterocycles. The number of unbranched alkanes of at least 4 members (excludes halogenated alkanes) is 2. The summed E-state index contributed by atoms with van der Waals surface area (Å²) in [6.07, 6.45) is 12.9. The van der Waals surface area contributed by atoms with Gasteiger partial charge in [-0.2, -0.15) is 0 Å². The number of aromatic nitrogens is 1. The van der Waals surface area contributed by atoms with Gasteiger partial charge < -0.3 is 9.80 Å². The van der Waals surface area contributed by atoms with Crippen LogP contribution in [0.5, 0.6) is 0 Å². The molecule has 3 aliphatic heterocycles. The first-order valence-electron chi connectivity index (χ1n) is 13.6. The summed E-state index contributed by atoms with van der Waals surface area (Å²) >= 11 is 1.94. The molecule has 34 heavy (non-hydrogen) atoms. The lowest BCUT2D eigenvalue weighted by Crippen LogP contribution is -2.40. The number of anilines is 2. The van der Waals surface area contributed by atoms with Gasteiger partial charge in [0.2, 0.25) is 5.36 Å². The largest absolute Gasteiger partial charge is 0.371 e. The monoisotopic (exact) mass is 477 g/mol. The molecule has 5 rings (SSSR count). The van der Waals surface area contributed by atoms with Gasteiger partial charge >= 0.3 is 0 Å². The third kappa shape index (κ3) is 4.82. The van der Waals surface area contributed by atoms with E-state index < -0.39 is 0 Å². The molecule has 0 N–H and O–H groups in total. The van der Waals surface area contributed by atoms with E-state index in [-0.39, 0.29) is 0 Å². The fraction of sp³-hybridized carbons (Fsp3) is 0.586. The summed E-state index contributed by atoms with van der Waals surface area (Å²) in [4.78, 5) is 11.5. The highest BCUT2D eigenvalue weighted by molar-refractivity contribution is 7.22. The standard InChI is InChI=1S/C29H41N4S/c1-4-5-8-13-22-20-25-29(28(31(2)3)27(22)33-18-11-7-12-19-33)34-26-21-23(14-15-24(26)30-25)32-16-9-6-10-17-32/h14-15,20-21H,4-13,16-19H2,1-3H3/q+1. The molecule has 1 aromatic rings. The van der Waals surface area contributed by atoms with Gasteiger partial charge in [0, 0.05) is 51.3 Å². The van der Waals surface area contributed by atoms with Crippen LogP contribution in [0.3, 0.4) is 0 Å². The highest BCUT2D eigenvalue weighted by Crippen LogP contribution is 2.38. The Bertz CT molecular complexity index is 1160. The second kappa shape index (κ2) is 10.6. The first-order chi connectivity index (χ1) is 16.7. The molecular weight excluding hydrogens is 436 g/mol. The van der Waals surface area contributed by atoms with Crippen molar-refractivity contribution in [3.63, 3.8) is 0 Å². The Balaban J connectivity index is 1.71. The van der Waals surface area contributed by atoms with Gasteiger partial charge in [-0.25, -0.2) is 9.56 Å². The lowest BCUT2D eigenvalue weighted by molar-refractivity contribution is 0.449. The molecule has 0 saturated carbocycles. The maximum Gasteiger partial charge on any atom is 0.228 e. The summed E-state index contributed by atoms with van der Waals surface area (Å²) < 4.78 is 3.99. The highest BCUT2D eigenvalue weighted by atomic mass is 32.1. The van der Waals surface area contributed by atoms with Gasteiger partial charge in [-0.05, 0) is 62.8 Å². The van der Waals surface area contributed by atoms with E-state index in [1.165, 1.54) is 122 Å². The van der Waals surface area contributed by atoms with E-state index in [1.54, 1.807) is 0 Å². The lowest BCUT2D eigenvalue weighted by atomic mass is 10.0. The second-order valence-electron chi connectivity index (χ2n) is 10.4. The maximum absolute atomic E-state index is 5.23. The molecule has 4 nitrogen and oxygen atoms in total. The smallest absolute Gasteiger partial charge is 0.228 e. The Labute approximate surface area is 209 Å². The van der Waals surface area contributed by atoms with E-state index in [0.717, 1.165) is 11.9 Å². The number of aryl methyl sites for hydroxylation is 1. The number of rotatable bonds is 6. The Hall–Kier alpha value is -2.14. The van der Waals surface area contributed by atoms with Crippen molar-refractivity contribution >= 4 is 32.9 Å². The minimum atomic E-state index is 1.13. The van der Waals surface area contributed by atoms with Gasteiger partial charge in [-0.15, -0.1) is 11.3 Å². The van der Waals surface area contributed by atoms with Crippen LogP contribution in [0.4, 0.5) is 11.4 Å². The minimum Gasteiger partial charge on any atom is -0.371 e. The van der Waals surface area contributed by atoms with Gasteiger partial charge in [0.1, 0.15) is 18.8 Å². The number of fused-ring (bicyclic) bond motifs is 2. The van der Waals surface area contributed by atoms with Crippen LogP contribution in [0.25, 0.3) is 20.8 Å². The summed E-state index contributed by atoms with van der Waals surface area (Å²) in [5.41, 5.74) is 6.54. The molecule has 182 valence electrons. The van der Waals surface area contributed by atoms with Gasteiger partial charge in [0.05, 0.1) is 20.8 Å². The van der Waals surface area contributed by atoms with Crippen molar-refractivity contribution in [2.24, 2.45) is 0 Å². The summed E-state index contributed by atoms with van der Waals surface area (Å²) in [6.45, 7) is 7.02. The first kappa shape index (κ1) is 23.6. The van der Waals surface area contributed by atoms with Crippen molar-refractivity contribution in [2.75, 3.05) is 50.1 Å². The highest BCUT2D eigenvalue weighted by Gasteiger charge is 2.26. The third-order valence-corrected chi connectivity index (χ3v) is 8.73. The molecule has 5 heteroatoms. The third-order valence-electron chi connectivity index (χ3n) is 7.57. The number of nitrogens with zero attached hydrogens (tertiary/aromatic N) is 4. The fourth-order valence-corrected chi connectivity index (χ4v) is 6.97. The Morgan fingerprint density at radius 3 is 2.47 bits per heavy atom. The summed E-state index contributed by atoms with van der Waals surface area (Å²) in [6, 6.07) is 9.36. The molecule has 0 spiro atoms. The molecule has 0 amide bonds. The molecule has 0 bridgehead atoms. The van der Waals surface area contributed by atoms with Crippen LogP contribution in [0, 0.1) is 0 Å². The molecule has 3 heterocycles. The average molecular weight is 478 g/mol. The maximum atomic E-state index is 5.23. The molecule has 1 aromatic carbocycles. The quantitative estimate of drug-likeness (QED) is 0.242. The molecule has 1 aliphatic carbocycles. The first-order valence-corrected chi connectivity index (χ1v) is 14.4. The SMILES string of the molecule is CCCCCc1cc2nc3ccc(N4CCCCC4)cc3sc-2c(N(C)C)c1=[N+]1CCCCC1. The van der Waals surface area contributed by atoms with Gasteiger partial charge in [0.25, 0.3) is 0 Å². The molecule has 4 aliphatic rings. The van der Waals surface area contributed by atoms with E-state index in [1.807, 2.05) is 11.3 Å². The predicted molar refractivity (Wildman–Crippen MR) is 149 cm³/mol. The molecule has 0 unspecified atom stereocenters. The van der Waals surface area contributed by atoms with Gasteiger partial charge in [-0.1, -0.05) is 19.8 Å². The van der Waals surface area contributed by atoms with Crippen molar-refractivity contribution in [1.82, 2.24) is 9.56 Å². The van der Waals surface area contributed by atoms with Gasteiger partial charge in [-0.3, -0.25) is 0 Å². The van der Waals surface area contributed by atoms with Crippen LogP contribution in [-0.2, 0) is 6.42 Å². The Morgan fingerprint density at radius 1 is 0.971 bits per heavy atom. The molecule has 0 radical (unpaired) electrons. The zero-order valence-electron chi connectivity index (χ0n) is 21.4.